The highest BCUT2D eigenvalue weighted by Crippen LogP contribution is 2.17. The molecule has 4 nitrogen and oxygen atoms in total. The predicted octanol–water partition coefficient (Wildman–Crippen LogP) is 2.91. The zero-order valence-electron chi connectivity index (χ0n) is 9.41. The van der Waals surface area contributed by atoms with Gasteiger partial charge in [-0.15, -0.1) is 22.7 Å². The minimum atomic E-state index is 0.884. The lowest BCUT2D eigenvalue weighted by molar-refractivity contribution is 0.834. The largest absolute Gasteiger partial charge is 0.385 e. The van der Waals surface area contributed by atoms with Crippen molar-refractivity contribution in [1.82, 2.24) is 20.3 Å². The van der Waals surface area contributed by atoms with Crippen LogP contribution in [0.4, 0.5) is 0 Å². The van der Waals surface area contributed by atoms with E-state index in [1.54, 1.807) is 28.9 Å². The van der Waals surface area contributed by atoms with E-state index in [4.69, 9.17) is 0 Å². The molecule has 0 bridgehead atoms. The maximum Gasteiger partial charge on any atom is 0.0843 e. The molecule has 0 aromatic carbocycles. The molecule has 18 heavy (non-hydrogen) atoms. The Kier molecular flexibility index (Phi) is 3.29. The topological polar surface area (TPSA) is 50.7 Å². The lowest BCUT2D eigenvalue weighted by atomic mass is 10.3. The summed E-state index contributed by atoms with van der Waals surface area (Å²) in [4.78, 5) is 13.5. The van der Waals surface area contributed by atoms with Crippen molar-refractivity contribution >= 4 is 39.0 Å². The fraction of sp³-hybridized carbons (Fsp3) is 0.0833. The van der Waals surface area contributed by atoms with Gasteiger partial charge in [-0.25, -0.2) is 9.97 Å². The van der Waals surface area contributed by atoms with Gasteiger partial charge >= 0.3 is 0 Å². The number of nitrogens with zero attached hydrogens (tertiary/aromatic N) is 3. The van der Waals surface area contributed by atoms with Crippen molar-refractivity contribution in [3.8, 4) is 0 Å². The summed E-state index contributed by atoms with van der Waals surface area (Å²) < 4.78 is 1.15. The molecular weight excluding hydrogens is 264 g/mol. The number of aromatic nitrogens is 3. The molecular formula is C12H10N4S2. The first-order chi connectivity index (χ1) is 8.93. The maximum absolute atomic E-state index is 4.16. The van der Waals surface area contributed by atoms with Crippen LogP contribution in [0.1, 0.15) is 10.6 Å². The van der Waals surface area contributed by atoms with E-state index >= 15 is 0 Å². The van der Waals surface area contributed by atoms with Crippen molar-refractivity contribution in [3.05, 3.63) is 46.3 Å². The van der Waals surface area contributed by atoms with Crippen molar-refractivity contribution in [2.24, 2.45) is 0 Å². The Hall–Kier alpha value is -1.79. The Balaban J connectivity index is 0.000000111. The van der Waals surface area contributed by atoms with E-state index in [-0.39, 0.29) is 0 Å². The van der Waals surface area contributed by atoms with E-state index in [0.29, 0.717) is 0 Å². The fourth-order valence-corrected chi connectivity index (χ4v) is 2.89. The van der Waals surface area contributed by atoms with Crippen LogP contribution in [0.2, 0.25) is 0 Å². The molecule has 0 radical (unpaired) electrons. The summed E-state index contributed by atoms with van der Waals surface area (Å²) >= 11 is 3.30. The van der Waals surface area contributed by atoms with E-state index in [2.05, 4.69) is 26.3 Å². The second-order valence-corrected chi connectivity index (χ2v) is 5.35. The number of fused-ring (bicyclic) bond motifs is 2. The molecule has 0 fully saturated rings. The Morgan fingerprint density at radius 2 is 2.11 bits per heavy atom. The summed E-state index contributed by atoms with van der Waals surface area (Å²) in [6.45, 7) is 0.884. The molecule has 3 aromatic rings. The monoisotopic (exact) mass is 274 g/mol. The van der Waals surface area contributed by atoms with Gasteiger partial charge in [-0.2, -0.15) is 0 Å². The average Bonchev–Trinajstić information content (AvgIpc) is 3.08. The van der Waals surface area contributed by atoms with E-state index < -0.39 is 0 Å². The van der Waals surface area contributed by atoms with Crippen LogP contribution in [0, 0.1) is 0 Å². The highest BCUT2D eigenvalue weighted by molar-refractivity contribution is 7.16. The van der Waals surface area contributed by atoms with Crippen LogP contribution in [0.5, 0.6) is 0 Å². The van der Waals surface area contributed by atoms with E-state index in [1.165, 1.54) is 10.6 Å². The van der Waals surface area contributed by atoms with Crippen molar-refractivity contribution in [2.45, 2.75) is 6.54 Å². The Labute approximate surface area is 112 Å². The molecule has 0 saturated carbocycles. The predicted molar refractivity (Wildman–Crippen MR) is 75.4 cm³/mol. The summed E-state index contributed by atoms with van der Waals surface area (Å²) in [5, 5.41) is 3.09. The summed E-state index contributed by atoms with van der Waals surface area (Å²) in [5.41, 5.74) is 5.91. The third-order valence-electron chi connectivity index (χ3n) is 2.43. The van der Waals surface area contributed by atoms with Crippen LogP contribution in [0.15, 0.2) is 35.7 Å². The van der Waals surface area contributed by atoms with E-state index in [1.807, 2.05) is 29.5 Å². The number of rotatable bonds is 0. The van der Waals surface area contributed by atoms with Crippen LogP contribution < -0.4 is 5.32 Å². The molecule has 0 aliphatic carbocycles. The van der Waals surface area contributed by atoms with Gasteiger partial charge in [-0.1, -0.05) is 0 Å². The third kappa shape index (κ3) is 2.39. The lowest BCUT2D eigenvalue weighted by Gasteiger charge is -2.03. The molecule has 0 saturated heterocycles. The van der Waals surface area contributed by atoms with Crippen LogP contribution in [-0.2, 0) is 6.54 Å². The number of hydrogen-bond acceptors (Lipinski definition) is 6. The van der Waals surface area contributed by atoms with Gasteiger partial charge in [0.05, 0.1) is 38.4 Å². The van der Waals surface area contributed by atoms with Crippen LogP contribution in [-0.4, -0.2) is 15.0 Å². The fourth-order valence-electron chi connectivity index (χ4n) is 1.55. The van der Waals surface area contributed by atoms with Gasteiger partial charge in [0.15, 0.2) is 0 Å². The quantitative estimate of drug-likeness (QED) is 0.685. The molecule has 0 unspecified atom stereocenters. The van der Waals surface area contributed by atoms with Gasteiger partial charge in [0, 0.05) is 12.4 Å². The molecule has 1 N–H and O–H groups in total. The highest BCUT2D eigenvalue weighted by atomic mass is 32.1. The van der Waals surface area contributed by atoms with E-state index in [0.717, 1.165) is 16.8 Å². The standard InChI is InChI=1S/C6H6N2S.C6H4N2S/c1-2-7-3-5-6(1)9-4-8-5;1-2-7-3-6-5(1)8-4-9-6/h1-2,4,7H,3H2;1-4H. The van der Waals surface area contributed by atoms with Gasteiger partial charge < -0.3 is 5.32 Å². The molecule has 90 valence electrons. The number of pyridine rings is 1. The smallest absolute Gasteiger partial charge is 0.0843 e. The van der Waals surface area contributed by atoms with Gasteiger partial charge in [0.2, 0.25) is 0 Å². The van der Waals surface area contributed by atoms with Crippen molar-refractivity contribution in [3.63, 3.8) is 0 Å². The summed E-state index contributed by atoms with van der Waals surface area (Å²) in [6.07, 6.45) is 7.59. The number of nitrogens with one attached hydrogen (secondary N) is 1. The normalized spacial score (nSPS) is 12.4. The van der Waals surface area contributed by atoms with Crippen LogP contribution in [0.25, 0.3) is 16.3 Å². The Bertz CT molecular complexity index is 641. The SMILES string of the molecule is C1=Cc2scnc2CN1.c1cc2ncsc2cn1. The van der Waals surface area contributed by atoms with Crippen molar-refractivity contribution in [2.75, 3.05) is 0 Å². The second kappa shape index (κ2) is 5.24. The van der Waals surface area contributed by atoms with Crippen LogP contribution >= 0.6 is 22.7 Å². The molecule has 4 heterocycles. The molecule has 1 aliphatic rings. The second-order valence-electron chi connectivity index (χ2n) is 3.57. The lowest BCUT2D eigenvalue weighted by Crippen LogP contribution is -2.08. The number of thiazole rings is 2. The minimum Gasteiger partial charge on any atom is -0.385 e. The van der Waals surface area contributed by atoms with Gasteiger partial charge in [-0.05, 0) is 18.3 Å². The zero-order chi connectivity index (χ0) is 12.2. The third-order valence-corrected chi connectivity index (χ3v) is 4.04. The molecule has 0 amide bonds. The molecule has 6 heteroatoms. The van der Waals surface area contributed by atoms with Gasteiger partial charge in [0.1, 0.15) is 0 Å². The minimum absolute atomic E-state index is 0.884. The molecule has 0 atom stereocenters. The maximum atomic E-state index is 4.16. The van der Waals surface area contributed by atoms with Gasteiger partial charge in [-0.3, -0.25) is 4.98 Å². The zero-order valence-corrected chi connectivity index (χ0v) is 11.0. The Morgan fingerprint density at radius 1 is 1.17 bits per heavy atom. The van der Waals surface area contributed by atoms with Crippen molar-refractivity contribution in [1.29, 1.82) is 0 Å². The summed E-state index contributed by atoms with van der Waals surface area (Å²) in [5.74, 6) is 0. The van der Waals surface area contributed by atoms with E-state index in [9.17, 15) is 0 Å². The molecule has 0 spiro atoms. The first-order valence-corrected chi connectivity index (χ1v) is 7.15. The van der Waals surface area contributed by atoms with Gasteiger partial charge in [0.25, 0.3) is 0 Å². The Morgan fingerprint density at radius 3 is 3.00 bits per heavy atom. The highest BCUT2D eigenvalue weighted by Gasteiger charge is 2.04. The molecule has 1 aliphatic heterocycles. The summed E-state index contributed by atoms with van der Waals surface area (Å²) in [7, 11) is 0. The molecule has 4 rings (SSSR count). The molecule has 3 aromatic heterocycles. The average molecular weight is 274 g/mol. The first-order valence-electron chi connectivity index (χ1n) is 5.39. The first kappa shape index (κ1) is 11.3. The van der Waals surface area contributed by atoms with Crippen LogP contribution in [0.3, 0.4) is 0 Å². The summed E-state index contributed by atoms with van der Waals surface area (Å²) in [6, 6.07) is 1.91. The van der Waals surface area contributed by atoms with Crippen molar-refractivity contribution < 1.29 is 0 Å². The number of hydrogen-bond donors (Lipinski definition) is 1.